The fraction of sp³-hybridized carbons (Fsp3) is 0.733. The second-order valence-corrected chi connectivity index (χ2v) is 5.84. The molecule has 1 N–H and O–H groups in total. The van der Waals surface area contributed by atoms with E-state index in [1.165, 1.54) is 38.3 Å². The lowest BCUT2D eigenvalue weighted by molar-refractivity contribution is 0.241. The minimum absolute atomic E-state index is 0.294. The number of anilines is 2. The van der Waals surface area contributed by atoms with Crippen LogP contribution in [-0.2, 0) is 0 Å². The molecule has 1 saturated heterocycles. The molecule has 2 heterocycles. The van der Waals surface area contributed by atoms with Crippen LogP contribution in [-0.4, -0.2) is 29.1 Å². The monoisotopic (exact) mass is 278 g/mol. The first-order valence-electron chi connectivity index (χ1n) is 7.82. The van der Waals surface area contributed by atoms with E-state index in [1.54, 1.807) is 0 Å². The van der Waals surface area contributed by atoms with Gasteiger partial charge in [0.15, 0.2) is 11.6 Å². The maximum Gasteiger partial charge on any atom is 0.224 e. The molecule has 1 aliphatic heterocycles. The van der Waals surface area contributed by atoms with Crippen molar-refractivity contribution in [3.05, 3.63) is 12.0 Å². The quantitative estimate of drug-likeness (QED) is 0.922. The van der Waals surface area contributed by atoms with Crippen molar-refractivity contribution in [2.24, 2.45) is 5.92 Å². The third-order valence-corrected chi connectivity index (χ3v) is 4.58. The number of fused-ring (bicyclic) bond motifs is 1. The van der Waals surface area contributed by atoms with Gasteiger partial charge >= 0.3 is 0 Å². The highest BCUT2D eigenvalue weighted by Gasteiger charge is 2.35. The number of piperidine rings is 1. The fourth-order valence-corrected chi connectivity index (χ4v) is 3.69. The smallest absolute Gasteiger partial charge is 0.224 e. The van der Waals surface area contributed by atoms with Gasteiger partial charge in [-0.1, -0.05) is 12.8 Å². The fourth-order valence-electron chi connectivity index (χ4n) is 3.69. The van der Waals surface area contributed by atoms with Gasteiger partial charge in [0.05, 0.1) is 6.20 Å². The van der Waals surface area contributed by atoms with Crippen molar-refractivity contribution in [2.45, 2.75) is 51.5 Å². The Labute approximate surface area is 119 Å². The summed E-state index contributed by atoms with van der Waals surface area (Å²) < 4.78 is 14.2. The van der Waals surface area contributed by atoms with Crippen LogP contribution >= 0.6 is 0 Å². The lowest BCUT2D eigenvalue weighted by Gasteiger charge is -2.44. The molecule has 1 saturated carbocycles. The van der Waals surface area contributed by atoms with Crippen molar-refractivity contribution in [2.75, 3.05) is 23.3 Å². The summed E-state index contributed by atoms with van der Waals surface area (Å²) in [6.45, 7) is 3.66. The molecule has 2 atom stereocenters. The molecule has 2 aliphatic rings. The Balaban J connectivity index is 1.88. The van der Waals surface area contributed by atoms with Gasteiger partial charge in [-0.2, -0.15) is 4.98 Å². The highest BCUT2D eigenvalue weighted by atomic mass is 19.1. The standard InChI is InChI=1S/C15H23FN4/c1-2-17-15-18-10-12(16)14(19-15)20-9-5-7-11-6-3-4-8-13(11)20/h10-11,13H,2-9H2,1H3,(H,17,18,19)/t11-,13-/m1/s1. The van der Waals surface area contributed by atoms with Gasteiger partial charge in [-0.25, -0.2) is 9.37 Å². The summed E-state index contributed by atoms with van der Waals surface area (Å²) in [6, 6.07) is 0.469. The number of nitrogens with zero attached hydrogens (tertiary/aromatic N) is 3. The molecule has 1 aliphatic carbocycles. The van der Waals surface area contributed by atoms with Crippen LogP contribution in [0.1, 0.15) is 45.4 Å². The number of nitrogens with one attached hydrogen (secondary N) is 1. The summed E-state index contributed by atoms with van der Waals surface area (Å²) in [5.74, 6) is 1.45. The Morgan fingerprint density at radius 3 is 2.95 bits per heavy atom. The molecule has 20 heavy (non-hydrogen) atoms. The SMILES string of the molecule is CCNc1ncc(F)c(N2CCC[C@H]3CCCC[C@H]32)n1. The van der Waals surface area contributed by atoms with E-state index >= 15 is 0 Å². The first-order chi connectivity index (χ1) is 9.79. The topological polar surface area (TPSA) is 41.1 Å². The van der Waals surface area contributed by atoms with Gasteiger partial charge in [0.1, 0.15) is 0 Å². The summed E-state index contributed by atoms with van der Waals surface area (Å²) in [4.78, 5) is 10.6. The molecule has 0 amide bonds. The largest absolute Gasteiger partial charge is 0.354 e. The first kappa shape index (κ1) is 13.6. The molecule has 0 radical (unpaired) electrons. The Kier molecular flexibility index (Phi) is 4.03. The Bertz CT molecular complexity index is 463. The number of hydrogen-bond acceptors (Lipinski definition) is 4. The first-order valence-corrected chi connectivity index (χ1v) is 7.82. The second-order valence-electron chi connectivity index (χ2n) is 5.84. The van der Waals surface area contributed by atoms with Gasteiger partial charge in [-0.15, -0.1) is 0 Å². The lowest BCUT2D eigenvalue weighted by atomic mass is 9.78. The Hall–Kier alpha value is -1.39. The van der Waals surface area contributed by atoms with E-state index in [0.29, 0.717) is 17.8 Å². The van der Waals surface area contributed by atoms with Crippen molar-refractivity contribution in [3.8, 4) is 0 Å². The highest BCUT2D eigenvalue weighted by Crippen LogP contribution is 2.37. The van der Waals surface area contributed by atoms with Crippen molar-refractivity contribution in [1.29, 1.82) is 0 Å². The predicted octanol–water partition coefficient (Wildman–Crippen LogP) is 3.21. The van der Waals surface area contributed by atoms with Gasteiger partial charge in [0.25, 0.3) is 0 Å². The average molecular weight is 278 g/mol. The zero-order valence-corrected chi connectivity index (χ0v) is 12.1. The van der Waals surface area contributed by atoms with Gasteiger partial charge in [-0.3, -0.25) is 0 Å². The van der Waals surface area contributed by atoms with Crippen LogP contribution in [0.3, 0.4) is 0 Å². The molecule has 3 rings (SSSR count). The van der Waals surface area contributed by atoms with Crippen LogP contribution in [0.25, 0.3) is 0 Å². The summed E-state index contributed by atoms with van der Waals surface area (Å²) in [6.07, 6.45) is 8.76. The summed E-state index contributed by atoms with van der Waals surface area (Å²) in [7, 11) is 0. The normalized spacial score (nSPS) is 26.2. The van der Waals surface area contributed by atoms with E-state index in [2.05, 4.69) is 20.2 Å². The van der Waals surface area contributed by atoms with Crippen molar-refractivity contribution >= 4 is 11.8 Å². The summed E-state index contributed by atoms with van der Waals surface area (Å²) >= 11 is 0. The zero-order chi connectivity index (χ0) is 13.9. The number of hydrogen-bond donors (Lipinski definition) is 1. The van der Waals surface area contributed by atoms with Crippen LogP contribution in [0, 0.1) is 11.7 Å². The molecule has 0 bridgehead atoms. The molecular weight excluding hydrogens is 255 g/mol. The Morgan fingerprint density at radius 1 is 1.30 bits per heavy atom. The minimum Gasteiger partial charge on any atom is -0.354 e. The van der Waals surface area contributed by atoms with Gasteiger partial charge < -0.3 is 10.2 Å². The summed E-state index contributed by atoms with van der Waals surface area (Å²) in [5, 5.41) is 3.07. The maximum absolute atomic E-state index is 14.2. The molecule has 0 aromatic carbocycles. The van der Waals surface area contributed by atoms with Crippen molar-refractivity contribution < 1.29 is 4.39 Å². The molecular formula is C15H23FN4. The molecule has 1 aromatic rings. The molecule has 1 aromatic heterocycles. The van der Waals surface area contributed by atoms with Crippen LogP contribution in [0.4, 0.5) is 16.2 Å². The van der Waals surface area contributed by atoms with E-state index in [4.69, 9.17) is 0 Å². The van der Waals surface area contributed by atoms with E-state index in [-0.39, 0.29) is 5.82 Å². The summed E-state index contributed by atoms with van der Waals surface area (Å²) in [5.41, 5.74) is 0. The van der Waals surface area contributed by atoms with E-state index < -0.39 is 0 Å². The third-order valence-electron chi connectivity index (χ3n) is 4.58. The van der Waals surface area contributed by atoms with Gasteiger partial charge in [-0.05, 0) is 38.5 Å². The van der Waals surface area contributed by atoms with Crippen LogP contribution in [0.15, 0.2) is 6.20 Å². The van der Waals surface area contributed by atoms with E-state index in [1.807, 2.05) is 6.92 Å². The predicted molar refractivity (Wildman–Crippen MR) is 78.5 cm³/mol. The molecule has 110 valence electrons. The molecule has 5 heteroatoms. The van der Waals surface area contributed by atoms with E-state index in [0.717, 1.165) is 25.4 Å². The van der Waals surface area contributed by atoms with Crippen LogP contribution < -0.4 is 10.2 Å². The third kappa shape index (κ3) is 2.58. The highest BCUT2D eigenvalue weighted by molar-refractivity contribution is 5.45. The second kappa shape index (κ2) is 5.94. The molecule has 4 nitrogen and oxygen atoms in total. The van der Waals surface area contributed by atoms with Crippen LogP contribution in [0.2, 0.25) is 0 Å². The number of halogens is 1. The van der Waals surface area contributed by atoms with Gasteiger partial charge in [0.2, 0.25) is 5.95 Å². The lowest BCUT2D eigenvalue weighted by Crippen LogP contribution is -2.47. The molecule has 0 spiro atoms. The molecule has 0 unspecified atom stereocenters. The maximum atomic E-state index is 14.2. The van der Waals surface area contributed by atoms with Crippen molar-refractivity contribution in [1.82, 2.24) is 9.97 Å². The number of aromatic nitrogens is 2. The number of rotatable bonds is 3. The van der Waals surface area contributed by atoms with Crippen molar-refractivity contribution in [3.63, 3.8) is 0 Å². The Morgan fingerprint density at radius 2 is 2.10 bits per heavy atom. The zero-order valence-electron chi connectivity index (χ0n) is 12.1. The average Bonchev–Trinajstić information content (AvgIpc) is 2.49. The van der Waals surface area contributed by atoms with Gasteiger partial charge in [0, 0.05) is 19.1 Å². The molecule has 2 fully saturated rings. The van der Waals surface area contributed by atoms with Crippen LogP contribution in [0.5, 0.6) is 0 Å². The minimum atomic E-state index is -0.294. The van der Waals surface area contributed by atoms with E-state index in [9.17, 15) is 4.39 Å².